The second-order valence-electron chi connectivity index (χ2n) is 4.83. The number of halogens is 3. The normalized spacial score (nSPS) is 25.5. The fourth-order valence-corrected chi connectivity index (χ4v) is 2.53. The van der Waals surface area contributed by atoms with Crippen molar-refractivity contribution in [3.8, 4) is 0 Å². The lowest BCUT2D eigenvalue weighted by atomic mass is 9.90. The minimum atomic E-state index is -4.40. The van der Waals surface area contributed by atoms with Crippen LogP contribution in [0.15, 0.2) is 24.3 Å². The number of nitrogens with one attached hydrogen (secondary N) is 1. The molecular weight excluding hydrogens is 257 g/mol. The molecule has 3 nitrogen and oxygen atoms in total. The summed E-state index contributed by atoms with van der Waals surface area (Å²) in [6.45, 7) is 2.51. The van der Waals surface area contributed by atoms with Crippen LogP contribution in [-0.2, 0) is 10.9 Å². The van der Waals surface area contributed by atoms with Crippen LogP contribution in [0.1, 0.15) is 30.5 Å². The van der Waals surface area contributed by atoms with Gasteiger partial charge in [-0.05, 0) is 24.0 Å². The van der Waals surface area contributed by atoms with Gasteiger partial charge in [0.25, 0.3) is 0 Å². The number of benzene rings is 1. The monoisotopic (exact) mass is 274 g/mol. The third-order valence-corrected chi connectivity index (χ3v) is 3.55. The van der Waals surface area contributed by atoms with E-state index in [0.717, 1.165) is 12.5 Å². The van der Waals surface area contributed by atoms with Crippen molar-refractivity contribution in [1.82, 2.24) is 5.43 Å². The number of hydrogen-bond donors (Lipinski definition) is 2. The molecule has 1 aliphatic heterocycles. The molecule has 0 spiro atoms. The van der Waals surface area contributed by atoms with Gasteiger partial charge < -0.3 is 4.74 Å². The molecule has 3 atom stereocenters. The van der Waals surface area contributed by atoms with Crippen molar-refractivity contribution in [3.63, 3.8) is 0 Å². The van der Waals surface area contributed by atoms with E-state index < -0.39 is 17.8 Å². The zero-order valence-corrected chi connectivity index (χ0v) is 10.6. The number of nitrogens with two attached hydrogens (primary N) is 1. The third-order valence-electron chi connectivity index (χ3n) is 3.55. The molecule has 1 saturated heterocycles. The Morgan fingerprint density at radius 3 is 2.58 bits per heavy atom. The molecule has 0 bridgehead atoms. The molecule has 0 saturated carbocycles. The van der Waals surface area contributed by atoms with Crippen LogP contribution in [0.4, 0.5) is 13.2 Å². The molecule has 19 heavy (non-hydrogen) atoms. The number of hydrogen-bond acceptors (Lipinski definition) is 3. The van der Waals surface area contributed by atoms with Crippen molar-refractivity contribution in [2.45, 2.75) is 31.7 Å². The lowest BCUT2D eigenvalue weighted by Crippen LogP contribution is -2.39. The maximum atomic E-state index is 13.0. The van der Waals surface area contributed by atoms with Crippen molar-refractivity contribution in [2.24, 2.45) is 11.8 Å². The fraction of sp³-hybridized carbons (Fsp3) is 0.538. The number of rotatable bonds is 3. The first-order valence-electron chi connectivity index (χ1n) is 6.19. The summed E-state index contributed by atoms with van der Waals surface area (Å²) in [4.78, 5) is 0. The molecule has 0 radical (unpaired) electrons. The van der Waals surface area contributed by atoms with Crippen molar-refractivity contribution in [2.75, 3.05) is 6.61 Å². The van der Waals surface area contributed by atoms with E-state index in [2.05, 4.69) is 5.43 Å². The highest BCUT2D eigenvalue weighted by Crippen LogP contribution is 2.38. The summed E-state index contributed by atoms with van der Waals surface area (Å²) in [5.41, 5.74) is 1.95. The van der Waals surface area contributed by atoms with E-state index in [4.69, 9.17) is 10.6 Å². The SMILES string of the molecule is CC1CCOC1C(NN)c1ccccc1C(F)(F)F. The van der Waals surface area contributed by atoms with E-state index in [1.54, 1.807) is 6.07 Å². The van der Waals surface area contributed by atoms with E-state index in [9.17, 15) is 13.2 Å². The minimum Gasteiger partial charge on any atom is -0.376 e. The molecule has 0 aliphatic carbocycles. The van der Waals surface area contributed by atoms with E-state index in [1.165, 1.54) is 12.1 Å². The zero-order chi connectivity index (χ0) is 14.0. The number of hydrazine groups is 1. The predicted molar refractivity (Wildman–Crippen MR) is 65.0 cm³/mol. The first-order valence-corrected chi connectivity index (χ1v) is 6.19. The van der Waals surface area contributed by atoms with Crippen LogP contribution in [-0.4, -0.2) is 12.7 Å². The Morgan fingerprint density at radius 1 is 1.37 bits per heavy atom. The molecule has 1 fully saturated rings. The van der Waals surface area contributed by atoms with Crippen molar-refractivity contribution in [1.29, 1.82) is 0 Å². The van der Waals surface area contributed by atoms with Crippen LogP contribution >= 0.6 is 0 Å². The fourth-order valence-electron chi connectivity index (χ4n) is 2.53. The quantitative estimate of drug-likeness (QED) is 0.658. The second kappa shape index (κ2) is 5.48. The lowest BCUT2D eigenvalue weighted by molar-refractivity contribution is -0.138. The van der Waals surface area contributed by atoms with Gasteiger partial charge in [0.15, 0.2) is 0 Å². The molecule has 1 aromatic carbocycles. The van der Waals surface area contributed by atoms with Gasteiger partial charge in [0, 0.05) is 6.61 Å². The van der Waals surface area contributed by atoms with E-state index in [-0.39, 0.29) is 17.6 Å². The van der Waals surface area contributed by atoms with Crippen LogP contribution in [0.5, 0.6) is 0 Å². The first-order chi connectivity index (χ1) is 8.95. The Morgan fingerprint density at radius 2 is 2.05 bits per heavy atom. The molecular formula is C13H17F3N2O. The molecule has 2 rings (SSSR count). The summed E-state index contributed by atoms with van der Waals surface area (Å²) < 4.78 is 44.6. The van der Waals surface area contributed by atoms with Crippen LogP contribution in [0, 0.1) is 5.92 Å². The van der Waals surface area contributed by atoms with Crippen molar-refractivity contribution in [3.05, 3.63) is 35.4 Å². The third kappa shape index (κ3) is 2.91. The maximum absolute atomic E-state index is 13.0. The predicted octanol–water partition coefficient (Wildman–Crippen LogP) is 2.63. The smallest absolute Gasteiger partial charge is 0.376 e. The van der Waals surface area contributed by atoms with Crippen molar-refractivity contribution >= 4 is 0 Å². The Balaban J connectivity index is 2.38. The highest BCUT2D eigenvalue weighted by atomic mass is 19.4. The molecule has 1 aromatic rings. The maximum Gasteiger partial charge on any atom is 0.416 e. The highest BCUT2D eigenvalue weighted by molar-refractivity contribution is 5.33. The van der Waals surface area contributed by atoms with E-state index in [0.29, 0.717) is 6.61 Å². The Kier molecular flexibility index (Phi) is 4.13. The first kappa shape index (κ1) is 14.3. The summed E-state index contributed by atoms with van der Waals surface area (Å²) in [5.74, 6) is 5.63. The van der Waals surface area contributed by atoms with Crippen LogP contribution in [0.2, 0.25) is 0 Å². The topological polar surface area (TPSA) is 47.3 Å². The van der Waals surface area contributed by atoms with Gasteiger partial charge in [-0.25, -0.2) is 0 Å². The molecule has 3 N–H and O–H groups in total. The minimum absolute atomic E-state index is 0.135. The molecule has 1 aliphatic rings. The summed E-state index contributed by atoms with van der Waals surface area (Å²) >= 11 is 0. The average molecular weight is 274 g/mol. The molecule has 0 aromatic heterocycles. The Bertz CT molecular complexity index is 436. The second-order valence-corrected chi connectivity index (χ2v) is 4.83. The van der Waals surface area contributed by atoms with Gasteiger partial charge in [-0.3, -0.25) is 11.3 Å². The standard InChI is InChI=1S/C13H17F3N2O/c1-8-6-7-19-12(8)11(18-17)9-4-2-3-5-10(9)13(14,15)16/h2-5,8,11-12,18H,6-7,17H2,1H3. The van der Waals surface area contributed by atoms with Gasteiger partial charge >= 0.3 is 6.18 Å². The van der Waals surface area contributed by atoms with E-state index >= 15 is 0 Å². The molecule has 6 heteroatoms. The van der Waals surface area contributed by atoms with Crippen molar-refractivity contribution < 1.29 is 17.9 Å². The molecule has 0 amide bonds. The molecule has 3 unspecified atom stereocenters. The largest absolute Gasteiger partial charge is 0.416 e. The van der Waals surface area contributed by atoms with Gasteiger partial charge in [0.2, 0.25) is 0 Å². The van der Waals surface area contributed by atoms with Gasteiger partial charge in [-0.2, -0.15) is 13.2 Å². The van der Waals surface area contributed by atoms with Gasteiger partial charge in [0.1, 0.15) is 0 Å². The van der Waals surface area contributed by atoms with E-state index in [1.807, 2.05) is 6.92 Å². The summed E-state index contributed by atoms with van der Waals surface area (Å²) in [7, 11) is 0. The molecule has 1 heterocycles. The van der Waals surface area contributed by atoms with Gasteiger partial charge in [-0.15, -0.1) is 0 Å². The Labute approximate surface area is 109 Å². The lowest BCUT2D eigenvalue weighted by Gasteiger charge is -2.28. The molecule has 106 valence electrons. The number of alkyl halides is 3. The highest BCUT2D eigenvalue weighted by Gasteiger charge is 2.39. The summed E-state index contributed by atoms with van der Waals surface area (Å²) in [5, 5.41) is 0. The van der Waals surface area contributed by atoms with Gasteiger partial charge in [0.05, 0.1) is 17.7 Å². The van der Waals surface area contributed by atoms with Crippen LogP contribution < -0.4 is 11.3 Å². The van der Waals surface area contributed by atoms with Crippen LogP contribution in [0.3, 0.4) is 0 Å². The van der Waals surface area contributed by atoms with Gasteiger partial charge in [-0.1, -0.05) is 25.1 Å². The summed E-state index contributed by atoms with van der Waals surface area (Å²) in [6, 6.07) is 4.81. The Hall–Kier alpha value is -1.11. The number of ether oxygens (including phenoxy) is 1. The zero-order valence-electron chi connectivity index (χ0n) is 10.6. The average Bonchev–Trinajstić information content (AvgIpc) is 2.76. The van der Waals surface area contributed by atoms with Crippen LogP contribution in [0.25, 0.3) is 0 Å². The summed E-state index contributed by atoms with van der Waals surface area (Å²) in [6.07, 6.45) is -3.90.